The minimum Gasteiger partial charge on any atom is -0.319 e. The maximum atomic E-state index is 5.32. The van der Waals surface area contributed by atoms with E-state index in [1.807, 2.05) is 6.26 Å². The van der Waals surface area contributed by atoms with Crippen LogP contribution in [0.2, 0.25) is 0 Å². The predicted octanol–water partition coefficient (Wildman–Crippen LogP) is 3.29. The Hall–Kier alpha value is 0.570. The van der Waals surface area contributed by atoms with Crippen LogP contribution < -0.4 is 0 Å². The minimum atomic E-state index is -0.235. The standard InChI is InChI=1S/C7H7NOS5/c1-11-5-3-4-6(7(10)12-2)8-9-14(4)13-5/h3H,1-2H3. The highest BCUT2D eigenvalue weighted by Gasteiger charge is 2.29. The average molecular weight is 281 g/mol. The molecule has 0 saturated carbocycles. The third-order valence-electron chi connectivity index (χ3n) is 1.60. The molecule has 0 aromatic carbocycles. The number of thiocarbonyl (C=S) groups is 1. The monoisotopic (exact) mass is 281 g/mol. The Morgan fingerprint density at radius 2 is 2.43 bits per heavy atom. The lowest BCUT2D eigenvalue weighted by Crippen LogP contribution is -2.14. The predicted molar refractivity (Wildman–Crippen MR) is 76.4 cm³/mol. The van der Waals surface area contributed by atoms with Crippen molar-refractivity contribution in [2.45, 2.75) is 0 Å². The minimum absolute atomic E-state index is 0.235. The van der Waals surface area contributed by atoms with Gasteiger partial charge in [-0.05, 0) is 29.4 Å². The van der Waals surface area contributed by atoms with Gasteiger partial charge in [0.15, 0.2) is 0 Å². The van der Waals surface area contributed by atoms with Gasteiger partial charge in [-0.1, -0.05) is 17.4 Å². The molecule has 1 atom stereocenters. The second kappa shape index (κ2) is 4.61. The van der Waals surface area contributed by atoms with Gasteiger partial charge in [0.25, 0.3) is 0 Å². The van der Waals surface area contributed by atoms with Crippen molar-refractivity contribution >= 4 is 71.1 Å². The average Bonchev–Trinajstić information content (AvgIpc) is 2.74. The van der Waals surface area contributed by atoms with Crippen molar-refractivity contribution < 1.29 is 4.28 Å². The molecule has 0 aromatic rings. The van der Waals surface area contributed by atoms with Crippen molar-refractivity contribution in [1.82, 2.24) is 0 Å². The maximum absolute atomic E-state index is 5.32. The summed E-state index contributed by atoms with van der Waals surface area (Å²) in [6.07, 6.45) is 6.16. The zero-order chi connectivity index (χ0) is 10.1. The van der Waals surface area contributed by atoms with Crippen LogP contribution >= 0.6 is 56.3 Å². The number of thioether (sulfide) groups is 2. The highest BCUT2D eigenvalue weighted by Crippen LogP contribution is 2.51. The lowest BCUT2D eigenvalue weighted by Gasteiger charge is -1.97. The van der Waals surface area contributed by atoms with E-state index >= 15 is 0 Å². The molecule has 7 heteroatoms. The summed E-state index contributed by atoms with van der Waals surface area (Å²) in [4.78, 5) is 1.15. The van der Waals surface area contributed by atoms with Crippen LogP contribution in [-0.2, 0) is 4.28 Å². The van der Waals surface area contributed by atoms with Gasteiger partial charge < -0.3 is 4.28 Å². The molecular formula is C7H7NOS5. The van der Waals surface area contributed by atoms with Gasteiger partial charge in [0.1, 0.15) is 9.91 Å². The molecule has 76 valence electrons. The van der Waals surface area contributed by atoms with E-state index in [1.165, 1.54) is 16.0 Å². The molecule has 0 aromatic heterocycles. The fourth-order valence-electron chi connectivity index (χ4n) is 0.945. The summed E-state index contributed by atoms with van der Waals surface area (Å²) in [7, 11) is 1.49. The fraction of sp³-hybridized carbons (Fsp3) is 0.286. The third kappa shape index (κ3) is 1.92. The zero-order valence-corrected chi connectivity index (χ0v) is 11.6. The van der Waals surface area contributed by atoms with Crippen molar-refractivity contribution in [3.63, 3.8) is 0 Å². The number of nitrogens with zero attached hydrogens (tertiary/aromatic N) is 1. The molecule has 2 heterocycles. The van der Waals surface area contributed by atoms with E-state index < -0.39 is 0 Å². The molecule has 2 rings (SSSR count). The molecule has 2 aliphatic heterocycles. The van der Waals surface area contributed by atoms with Gasteiger partial charge in [-0.3, -0.25) is 0 Å². The molecule has 0 saturated heterocycles. The summed E-state index contributed by atoms with van der Waals surface area (Å²) in [5.74, 6) is 0. The summed E-state index contributed by atoms with van der Waals surface area (Å²) in [5.41, 5.74) is 0.854. The topological polar surface area (TPSA) is 21.6 Å². The van der Waals surface area contributed by atoms with Gasteiger partial charge in [-0.15, -0.1) is 23.5 Å². The molecule has 0 fully saturated rings. The molecular weight excluding hydrogens is 274 g/mol. The summed E-state index contributed by atoms with van der Waals surface area (Å²) >= 11 is 8.48. The summed E-state index contributed by atoms with van der Waals surface area (Å²) in [6, 6.07) is 0. The van der Waals surface area contributed by atoms with E-state index in [0.717, 1.165) is 14.8 Å². The number of rotatable bonds is 2. The van der Waals surface area contributed by atoms with Crippen molar-refractivity contribution in [3.05, 3.63) is 10.3 Å². The molecule has 0 bridgehead atoms. The van der Waals surface area contributed by atoms with Gasteiger partial charge >= 0.3 is 0 Å². The maximum Gasteiger partial charge on any atom is 0.145 e. The molecule has 0 aliphatic carbocycles. The van der Waals surface area contributed by atoms with Gasteiger partial charge in [0.05, 0.1) is 18.9 Å². The molecule has 0 radical (unpaired) electrons. The lowest BCUT2D eigenvalue weighted by atomic mass is 10.3. The lowest BCUT2D eigenvalue weighted by molar-refractivity contribution is 0.416. The molecule has 0 spiro atoms. The molecule has 1 unspecified atom stereocenters. The Labute approximate surface area is 103 Å². The van der Waals surface area contributed by atoms with E-state index in [4.69, 9.17) is 16.5 Å². The van der Waals surface area contributed by atoms with Gasteiger partial charge in [0.2, 0.25) is 0 Å². The molecule has 14 heavy (non-hydrogen) atoms. The second-order valence-corrected chi connectivity index (χ2v) is 8.02. The first kappa shape index (κ1) is 11.1. The van der Waals surface area contributed by atoms with Crippen LogP contribution in [0.3, 0.4) is 0 Å². The van der Waals surface area contributed by atoms with Crippen molar-refractivity contribution in [1.29, 1.82) is 0 Å². The number of oxime groups is 1. The molecule has 0 N–H and O–H groups in total. The van der Waals surface area contributed by atoms with E-state index in [9.17, 15) is 0 Å². The quantitative estimate of drug-likeness (QED) is 0.570. The first-order valence-corrected chi connectivity index (χ1v) is 8.99. The second-order valence-electron chi connectivity index (χ2n) is 2.36. The highest BCUT2D eigenvalue weighted by atomic mass is 33.1. The van der Waals surface area contributed by atoms with Crippen molar-refractivity contribution in [2.75, 3.05) is 12.5 Å². The van der Waals surface area contributed by atoms with Crippen LogP contribution in [0, 0.1) is 0 Å². The van der Waals surface area contributed by atoms with Crippen molar-refractivity contribution in [2.24, 2.45) is 5.16 Å². The summed E-state index contributed by atoms with van der Waals surface area (Å²) < 4.78 is 7.41. The Bertz CT molecular complexity index is 384. The molecule has 2 aliphatic rings. The Balaban J connectivity index is 2.24. The van der Waals surface area contributed by atoms with Crippen LogP contribution in [-0.4, -0.2) is 27.3 Å². The van der Waals surface area contributed by atoms with Gasteiger partial charge in [-0.2, -0.15) is 0 Å². The van der Waals surface area contributed by atoms with E-state index in [0.29, 0.717) is 0 Å². The Morgan fingerprint density at radius 3 is 3.07 bits per heavy atom. The van der Waals surface area contributed by atoms with Crippen LogP contribution in [0.4, 0.5) is 0 Å². The van der Waals surface area contributed by atoms with E-state index in [-0.39, 0.29) is 9.80 Å². The third-order valence-corrected chi connectivity index (χ3v) is 7.47. The normalized spacial score (nSPS) is 24.1. The molecule has 2 nitrogen and oxygen atoms in total. The smallest absolute Gasteiger partial charge is 0.145 e. The summed E-state index contributed by atoms with van der Waals surface area (Å²) in [5, 5.41) is 4.01. The first-order chi connectivity index (χ1) is 6.76. The van der Waals surface area contributed by atoms with Crippen LogP contribution in [0.15, 0.2) is 15.5 Å². The fourth-order valence-corrected chi connectivity index (χ4v) is 5.98. The number of hydrogen-bond donors (Lipinski definition) is 0. The largest absolute Gasteiger partial charge is 0.319 e. The van der Waals surface area contributed by atoms with Crippen LogP contribution in [0.5, 0.6) is 0 Å². The summed E-state index contributed by atoms with van der Waals surface area (Å²) in [6.45, 7) is 0. The first-order valence-electron chi connectivity index (χ1n) is 3.65. The van der Waals surface area contributed by atoms with E-state index in [1.54, 1.807) is 22.6 Å². The number of hydrogen-bond acceptors (Lipinski definition) is 6. The van der Waals surface area contributed by atoms with Crippen molar-refractivity contribution in [3.8, 4) is 0 Å². The molecule has 0 amide bonds. The van der Waals surface area contributed by atoms with Gasteiger partial charge in [0, 0.05) is 0 Å². The highest BCUT2D eigenvalue weighted by molar-refractivity contribution is 8.86. The van der Waals surface area contributed by atoms with E-state index in [2.05, 4.69) is 17.5 Å². The Kier molecular flexibility index (Phi) is 3.64. The van der Waals surface area contributed by atoms with Gasteiger partial charge in [-0.25, -0.2) is 0 Å². The van der Waals surface area contributed by atoms with Crippen LogP contribution in [0.1, 0.15) is 0 Å². The van der Waals surface area contributed by atoms with Crippen LogP contribution in [0.25, 0.3) is 0 Å². The number of allylic oxidation sites excluding steroid dienone is 1. The SMILES string of the molecule is CSC(=S)C1=NOS2=C1C=C(SC)S2. The zero-order valence-electron chi connectivity index (χ0n) is 7.47. The Morgan fingerprint density at radius 1 is 1.64 bits per heavy atom.